The zero-order chi connectivity index (χ0) is 13.4. The molecule has 0 fully saturated rings. The summed E-state index contributed by atoms with van der Waals surface area (Å²) in [6, 6.07) is 6.19. The second-order valence-electron chi connectivity index (χ2n) is 4.35. The normalized spacial score (nSPS) is 17.6. The van der Waals surface area contributed by atoms with Gasteiger partial charge < -0.3 is 11.1 Å². The van der Waals surface area contributed by atoms with Gasteiger partial charge in [0.15, 0.2) is 0 Å². The van der Waals surface area contributed by atoms with E-state index in [-0.39, 0.29) is 17.7 Å². The van der Waals surface area contributed by atoms with Crippen LogP contribution < -0.4 is 11.1 Å². The summed E-state index contributed by atoms with van der Waals surface area (Å²) in [5.41, 5.74) is 5.96. The number of carbonyl (C=O) groups excluding carboxylic acids is 1. The number of aromatic nitrogens is 3. The highest BCUT2D eigenvalue weighted by Gasteiger charge is 2.25. The van der Waals surface area contributed by atoms with Gasteiger partial charge in [0.1, 0.15) is 5.82 Å². The van der Waals surface area contributed by atoms with E-state index >= 15 is 0 Å². The molecule has 3 rings (SSSR count). The first-order chi connectivity index (χ1) is 9.15. The van der Waals surface area contributed by atoms with Crippen molar-refractivity contribution in [1.29, 1.82) is 0 Å². The van der Waals surface area contributed by atoms with E-state index in [0.29, 0.717) is 12.5 Å². The molecule has 0 radical (unpaired) electrons. The summed E-state index contributed by atoms with van der Waals surface area (Å²) >= 11 is 0. The topological polar surface area (TPSA) is 85.8 Å². The third-order valence-corrected chi connectivity index (χ3v) is 3.08. The molecule has 7 heteroatoms. The molecule has 1 amide bonds. The second-order valence-corrected chi connectivity index (χ2v) is 4.35. The van der Waals surface area contributed by atoms with Gasteiger partial charge in [-0.3, -0.25) is 4.79 Å². The van der Waals surface area contributed by atoms with Crippen LogP contribution in [0.2, 0.25) is 0 Å². The first-order valence-corrected chi connectivity index (χ1v) is 5.91. The van der Waals surface area contributed by atoms with Crippen LogP contribution in [-0.4, -0.2) is 27.2 Å². The number of nitrogens with one attached hydrogen (secondary N) is 1. The number of hydrogen-bond donors (Lipinski definition) is 2. The molecule has 0 spiro atoms. The zero-order valence-corrected chi connectivity index (χ0v) is 10.0. The van der Waals surface area contributed by atoms with E-state index < -0.39 is 5.91 Å². The summed E-state index contributed by atoms with van der Waals surface area (Å²) in [6.45, 7) is 0.679. The maximum absolute atomic E-state index is 13.3. The molecule has 6 nitrogen and oxygen atoms in total. The maximum Gasteiger partial charge on any atom is 0.288 e. The van der Waals surface area contributed by atoms with Crippen molar-refractivity contribution in [2.75, 3.05) is 11.9 Å². The van der Waals surface area contributed by atoms with Gasteiger partial charge in [-0.05, 0) is 24.1 Å². The molecule has 19 heavy (non-hydrogen) atoms. The summed E-state index contributed by atoms with van der Waals surface area (Å²) < 4.78 is 14.9. The van der Waals surface area contributed by atoms with Crippen molar-refractivity contribution in [3.05, 3.63) is 41.5 Å². The summed E-state index contributed by atoms with van der Waals surface area (Å²) in [5, 5.41) is 7.12. The van der Waals surface area contributed by atoms with Crippen LogP contribution in [0, 0.1) is 5.82 Å². The first kappa shape index (κ1) is 11.6. The third-order valence-electron chi connectivity index (χ3n) is 3.08. The molecule has 0 bridgehead atoms. The number of rotatable bonds is 2. The quantitative estimate of drug-likeness (QED) is 0.841. The number of benzene rings is 1. The van der Waals surface area contributed by atoms with Gasteiger partial charge in [-0.2, -0.15) is 4.98 Å². The molecule has 3 N–H and O–H groups in total. The zero-order valence-electron chi connectivity index (χ0n) is 10.0. The van der Waals surface area contributed by atoms with Gasteiger partial charge >= 0.3 is 0 Å². The second kappa shape index (κ2) is 4.34. The van der Waals surface area contributed by atoms with Crippen LogP contribution in [0.5, 0.6) is 0 Å². The van der Waals surface area contributed by atoms with Gasteiger partial charge in [-0.15, -0.1) is 5.10 Å². The molecule has 98 valence electrons. The average molecular weight is 261 g/mol. The van der Waals surface area contributed by atoms with Crippen molar-refractivity contribution in [3.63, 3.8) is 0 Å². The van der Waals surface area contributed by atoms with Crippen molar-refractivity contribution >= 4 is 11.9 Å². The highest BCUT2D eigenvalue weighted by atomic mass is 19.1. The fourth-order valence-corrected chi connectivity index (χ4v) is 2.23. The van der Waals surface area contributed by atoms with E-state index in [1.54, 1.807) is 10.7 Å². The Morgan fingerprint density at radius 2 is 2.37 bits per heavy atom. The number of amides is 1. The number of hydrogen-bond acceptors (Lipinski definition) is 4. The van der Waals surface area contributed by atoms with E-state index in [1.807, 2.05) is 6.07 Å². The lowest BCUT2D eigenvalue weighted by atomic mass is 10.0. The Morgan fingerprint density at radius 1 is 1.53 bits per heavy atom. The number of nitrogens with zero attached hydrogens (tertiary/aromatic N) is 3. The minimum Gasteiger partial charge on any atom is -0.363 e. The van der Waals surface area contributed by atoms with E-state index in [9.17, 15) is 9.18 Å². The molecule has 1 aromatic heterocycles. The lowest BCUT2D eigenvalue weighted by molar-refractivity contribution is 0.0990. The van der Waals surface area contributed by atoms with Gasteiger partial charge in [-0.25, -0.2) is 9.07 Å². The molecule has 2 aromatic rings. The fourth-order valence-electron chi connectivity index (χ4n) is 2.23. The van der Waals surface area contributed by atoms with E-state index in [2.05, 4.69) is 15.4 Å². The maximum atomic E-state index is 13.3. The van der Waals surface area contributed by atoms with Gasteiger partial charge in [0.2, 0.25) is 11.8 Å². The Morgan fingerprint density at radius 3 is 3.11 bits per heavy atom. The Hall–Kier alpha value is -2.44. The molecule has 0 aliphatic carbocycles. The Bertz CT molecular complexity index is 639. The smallest absolute Gasteiger partial charge is 0.288 e. The predicted octanol–water partition coefficient (Wildman–Crippen LogP) is 0.921. The monoisotopic (exact) mass is 261 g/mol. The predicted molar refractivity (Wildman–Crippen MR) is 66.2 cm³/mol. The minimum absolute atomic E-state index is 0.0363. The van der Waals surface area contributed by atoms with Crippen molar-refractivity contribution in [2.45, 2.75) is 12.5 Å². The highest BCUT2D eigenvalue weighted by molar-refractivity contribution is 5.89. The van der Waals surface area contributed by atoms with Crippen LogP contribution in [0.4, 0.5) is 10.3 Å². The summed E-state index contributed by atoms with van der Waals surface area (Å²) in [7, 11) is 0. The lowest BCUT2D eigenvalue weighted by Crippen LogP contribution is -2.25. The highest BCUT2D eigenvalue weighted by Crippen LogP contribution is 2.28. The molecule has 1 aliphatic heterocycles. The standard InChI is InChI=1S/C12H12FN5O/c13-8-3-1-2-7(6-8)9-4-5-15-12-16-11(10(14)19)17-18(9)12/h1-3,6,9H,4-5H2,(H2,14,19)(H,15,16,17). The summed E-state index contributed by atoms with van der Waals surface area (Å²) in [6.07, 6.45) is 0.734. The Labute approximate surface area is 108 Å². The largest absolute Gasteiger partial charge is 0.363 e. The van der Waals surface area contributed by atoms with Crippen LogP contribution in [0.25, 0.3) is 0 Å². The molecule has 2 heterocycles. The Balaban J connectivity index is 2.04. The number of carbonyl (C=O) groups is 1. The van der Waals surface area contributed by atoms with Gasteiger partial charge in [-0.1, -0.05) is 12.1 Å². The molecule has 1 unspecified atom stereocenters. The summed E-state index contributed by atoms with van der Waals surface area (Å²) in [5.74, 6) is -0.533. The number of fused-ring (bicyclic) bond motifs is 1. The lowest BCUT2D eigenvalue weighted by Gasteiger charge is -2.24. The molecule has 0 saturated carbocycles. The van der Waals surface area contributed by atoms with Crippen molar-refractivity contribution < 1.29 is 9.18 Å². The van der Waals surface area contributed by atoms with Crippen LogP contribution >= 0.6 is 0 Å². The van der Waals surface area contributed by atoms with Crippen molar-refractivity contribution in [1.82, 2.24) is 14.8 Å². The minimum atomic E-state index is -0.679. The average Bonchev–Trinajstić information content (AvgIpc) is 2.82. The van der Waals surface area contributed by atoms with Crippen LogP contribution in [0.3, 0.4) is 0 Å². The number of anilines is 1. The molecule has 1 aromatic carbocycles. The van der Waals surface area contributed by atoms with Crippen molar-refractivity contribution in [3.8, 4) is 0 Å². The van der Waals surface area contributed by atoms with E-state index in [0.717, 1.165) is 12.0 Å². The molecule has 0 saturated heterocycles. The fraction of sp³-hybridized carbons (Fsp3) is 0.250. The van der Waals surface area contributed by atoms with E-state index in [1.165, 1.54) is 12.1 Å². The van der Waals surface area contributed by atoms with Crippen molar-refractivity contribution in [2.24, 2.45) is 5.73 Å². The SMILES string of the molecule is NC(=O)c1nc2n(n1)C(c1cccc(F)c1)CCN2. The Kier molecular flexibility index (Phi) is 2.66. The van der Waals surface area contributed by atoms with Gasteiger partial charge in [0.05, 0.1) is 6.04 Å². The third kappa shape index (κ3) is 2.03. The first-order valence-electron chi connectivity index (χ1n) is 5.91. The van der Waals surface area contributed by atoms with Crippen LogP contribution in [-0.2, 0) is 0 Å². The molecule has 1 aliphatic rings. The molecule has 1 atom stereocenters. The number of primary amides is 1. The molecular formula is C12H12FN5O. The van der Waals surface area contributed by atoms with Gasteiger partial charge in [0, 0.05) is 6.54 Å². The van der Waals surface area contributed by atoms with Crippen LogP contribution in [0.1, 0.15) is 28.6 Å². The van der Waals surface area contributed by atoms with Gasteiger partial charge in [0.25, 0.3) is 5.91 Å². The number of halogens is 1. The molecular weight excluding hydrogens is 249 g/mol. The summed E-state index contributed by atoms with van der Waals surface area (Å²) in [4.78, 5) is 15.1. The number of nitrogens with two attached hydrogens (primary N) is 1. The van der Waals surface area contributed by atoms with Crippen LogP contribution in [0.15, 0.2) is 24.3 Å². The van der Waals surface area contributed by atoms with E-state index in [4.69, 9.17) is 5.73 Å².